The average molecular weight is 1080 g/mol. The molecule has 84 heavy (non-hydrogen) atoms. The van der Waals surface area contributed by atoms with Crippen LogP contribution in [0.15, 0.2) is 180 Å². The molecule has 0 radical (unpaired) electrons. The molecule has 0 aliphatic rings. The van der Waals surface area contributed by atoms with Gasteiger partial charge in [-0.1, -0.05) is 71.0 Å². The van der Waals surface area contributed by atoms with Crippen molar-refractivity contribution in [1.82, 2.24) is 0 Å². The van der Waals surface area contributed by atoms with Crippen LogP contribution in [0.25, 0.3) is 0 Å². The third-order valence-corrected chi connectivity index (χ3v) is 12.0. The normalized spacial score (nSPS) is 10.0. The number of allylic oxidation sites excluding steroid dienone is 6. The topological polar surface area (TPSA) is 19.4 Å². The summed E-state index contributed by atoms with van der Waals surface area (Å²) in [6.45, 7) is 0. The van der Waals surface area contributed by atoms with Crippen LogP contribution in [0.3, 0.4) is 0 Å². The lowest BCUT2D eigenvalue weighted by atomic mass is 10.1. The van der Waals surface area contributed by atoms with Gasteiger partial charge in [0.2, 0.25) is 0 Å². The summed E-state index contributed by atoms with van der Waals surface area (Å²) in [6, 6.07) is 47.6. The summed E-state index contributed by atoms with van der Waals surface area (Å²) >= 11 is 0. The Bertz CT molecular complexity index is 4250. The maximum absolute atomic E-state index is 5.68. The molecule has 0 aliphatic carbocycles. The Hall–Kier alpha value is -11.9. The smallest absolute Gasteiger partial charge is 0.0999 e. The lowest BCUT2D eigenvalue weighted by molar-refractivity contribution is 1.13. The first-order valence-corrected chi connectivity index (χ1v) is 26.5. The van der Waals surface area contributed by atoms with E-state index in [1.807, 2.05) is 260 Å². The molecule has 6 aromatic carbocycles. The van der Waals surface area contributed by atoms with Crippen LogP contribution in [-0.4, -0.2) is 84.6 Å². The zero-order valence-electron chi connectivity index (χ0n) is 49.7. The van der Waals surface area contributed by atoms with Gasteiger partial charge in [-0.3, -0.25) is 0 Å². The second kappa shape index (κ2) is 31.6. The molecular weight excluding hydrogens is 1020 g/mol. The number of hydrogen-bond acceptors (Lipinski definition) is 6. The van der Waals surface area contributed by atoms with Gasteiger partial charge in [-0.15, -0.1) is 6.42 Å². The van der Waals surface area contributed by atoms with Crippen LogP contribution in [0, 0.1) is 143 Å². The Morgan fingerprint density at radius 1 is 0.262 bits per heavy atom. The molecular formula is C78H62N6. The number of nitrogens with zero attached hydrogens (tertiary/aromatic N) is 6. The van der Waals surface area contributed by atoms with E-state index in [2.05, 4.69) is 136 Å². The van der Waals surface area contributed by atoms with Gasteiger partial charge in [0.05, 0.1) is 27.9 Å². The summed E-state index contributed by atoms with van der Waals surface area (Å²) < 4.78 is 0. The Labute approximate surface area is 501 Å². The number of terminal acetylenes is 1. The Balaban J connectivity index is 1.57. The van der Waals surface area contributed by atoms with Crippen LogP contribution < -0.4 is 29.4 Å². The van der Waals surface area contributed by atoms with E-state index in [0.717, 1.165) is 67.5 Å². The second-order valence-corrected chi connectivity index (χ2v) is 19.6. The van der Waals surface area contributed by atoms with Crippen molar-refractivity contribution < 1.29 is 0 Å². The summed E-state index contributed by atoms with van der Waals surface area (Å²) in [7, 11) is 23.9. The molecule has 0 heterocycles. The Kier molecular flexibility index (Phi) is 23.1. The summed E-state index contributed by atoms with van der Waals surface area (Å²) in [5.41, 5.74) is 12.8. The van der Waals surface area contributed by atoms with Crippen molar-refractivity contribution in [3.63, 3.8) is 0 Å². The largest absolute Gasteiger partial charge is 0.378 e. The molecule has 0 atom stereocenters. The number of hydrogen-bond donors (Lipinski definition) is 0. The highest BCUT2D eigenvalue weighted by atomic mass is 15.1. The number of benzene rings is 6. The molecule has 6 aromatic rings. The highest BCUT2D eigenvalue weighted by Crippen LogP contribution is 2.17. The maximum atomic E-state index is 5.68. The van der Waals surface area contributed by atoms with Crippen molar-refractivity contribution in [2.45, 2.75) is 0 Å². The molecule has 6 nitrogen and oxygen atoms in total. The lowest BCUT2D eigenvalue weighted by Crippen LogP contribution is -2.07. The van der Waals surface area contributed by atoms with Crippen LogP contribution in [-0.2, 0) is 0 Å². The first-order chi connectivity index (χ1) is 40.5. The van der Waals surface area contributed by atoms with Gasteiger partial charge in [0, 0.05) is 158 Å². The van der Waals surface area contributed by atoms with E-state index in [4.69, 9.17) is 6.42 Å². The van der Waals surface area contributed by atoms with Crippen molar-refractivity contribution in [3.8, 4) is 143 Å². The van der Waals surface area contributed by atoms with Gasteiger partial charge in [0.15, 0.2) is 0 Å². The molecule has 0 aromatic heterocycles. The quantitative estimate of drug-likeness (QED) is 0.154. The third-order valence-electron chi connectivity index (χ3n) is 12.0. The maximum Gasteiger partial charge on any atom is 0.0999 e. The molecule has 0 unspecified atom stereocenters. The minimum Gasteiger partial charge on any atom is -0.378 e. The molecule has 0 bridgehead atoms. The van der Waals surface area contributed by atoms with Gasteiger partial charge < -0.3 is 29.4 Å². The fourth-order valence-corrected chi connectivity index (χ4v) is 7.13. The second-order valence-electron chi connectivity index (χ2n) is 19.6. The average Bonchev–Trinajstić information content (AvgIpc) is 3.50. The van der Waals surface area contributed by atoms with Gasteiger partial charge >= 0.3 is 0 Å². The predicted octanol–water partition coefficient (Wildman–Crippen LogP) is 10.9. The van der Waals surface area contributed by atoms with Crippen molar-refractivity contribution >= 4 is 34.1 Å². The fraction of sp³-hybridized carbons (Fsp3) is 0.154. The SMILES string of the molecule is C#CC#C/C(C#Cc1ccc(N(C)C)cc1)=C(\C#CC#C/C(C#Cc1ccc(N(C)C)cc1)=C(/C#CC#C/C(C#Cc1ccc(N(C)C)cc1)=C/C#Cc1ccc(N(C)C)cc1)C#Cc1ccc(N(C)C)cc1)C#Cc1ccc(N(C)C)cc1. The van der Waals surface area contributed by atoms with Crippen LogP contribution in [0.2, 0.25) is 0 Å². The summed E-state index contributed by atoms with van der Waals surface area (Å²) in [4.78, 5) is 12.2. The van der Waals surface area contributed by atoms with Gasteiger partial charge in [-0.25, -0.2) is 0 Å². The number of rotatable bonds is 6. The van der Waals surface area contributed by atoms with E-state index >= 15 is 0 Å². The van der Waals surface area contributed by atoms with Crippen LogP contribution in [0.5, 0.6) is 0 Å². The minimum atomic E-state index is 0.321. The molecule has 404 valence electrons. The molecule has 0 spiro atoms. The summed E-state index contributed by atoms with van der Waals surface area (Å²) in [6.07, 6.45) is 7.38. The minimum absolute atomic E-state index is 0.321. The van der Waals surface area contributed by atoms with E-state index in [1.165, 1.54) is 0 Å². The van der Waals surface area contributed by atoms with E-state index in [-0.39, 0.29) is 0 Å². The van der Waals surface area contributed by atoms with Gasteiger partial charge in [0.25, 0.3) is 0 Å². The van der Waals surface area contributed by atoms with Crippen molar-refractivity contribution in [1.29, 1.82) is 0 Å². The highest BCUT2D eigenvalue weighted by Gasteiger charge is 2.03. The monoisotopic (exact) mass is 1080 g/mol. The Morgan fingerprint density at radius 2 is 0.476 bits per heavy atom. The lowest BCUT2D eigenvalue weighted by Gasteiger charge is -2.11. The van der Waals surface area contributed by atoms with Gasteiger partial charge in [-0.2, -0.15) is 0 Å². The standard InChI is InChI=1S/C78H62N6/c1-14-15-24-69(46-30-65-38-54-75(55-39-65)81(6)7)70(47-31-66-40-56-76(57-41-66)82(8)9)26-18-19-27-72(49-33-68-44-60-78(61-45-68)84(12)13)71(48-32-67-42-58-77(59-43-67)83(10)11)25-17-16-21-62(28-29-64-36-52-74(53-37-64)80(4)5)22-20-23-63-34-50-73(51-35-63)79(2)3/h1,22,34-45,50-61H,2-13H3/b62-22-,70-69-,72-71+. The van der Waals surface area contributed by atoms with Crippen molar-refractivity contribution in [2.24, 2.45) is 0 Å². The third kappa shape index (κ3) is 20.1. The fourth-order valence-electron chi connectivity index (χ4n) is 7.13. The highest BCUT2D eigenvalue weighted by molar-refractivity contribution is 5.69. The van der Waals surface area contributed by atoms with Crippen molar-refractivity contribution in [3.05, 3.63) is 213 Å². The molecule has 0 fully saturated rings. The van der Waals surface area contributed by atoms with E-state index < -0.39 is 0 Å². The van der Waals surface area contributed by atoms with Gasteiger partial charge in [-0.05, 0) is 211 Å². The van der Waals surface area contributed by atoms with Crippen molar-refractivity contribution in [2.75, 3.05) is 114 Å². The van der Waals surface area contributed by atoms with Crippen LogP contribution in [0.4, 0.5) is 34.1 Å². The molecule has 0 saturated heterocycles. The molecule has 0 amide bonds. The number of anilines is 6. The van der Waals surface area contributed by atoms with Crippen LogP contribution >= 0.6 is 0 Å². The molecule has 0 N–H and O–H groups in total. The zero-order valence-corrected chi connectivity index (χ0v) is 49.7. The van der Waals surface area contributed by atoms with Gasteiger partial charge in [0.1, 0.15) is 0 Å². The zero-order chi connectivity index (χ0) is 60.2. The molecule has 6 rings (SSSR count). The summed E-state index contributed by atoms with van der Waals surface area (Å²) in [5.74, 6) is 71.9. The van der Waals surface area contributed by atoms with E-state index in [1.54, 1.807) is 6.08 Å². The molecule has 6 heteroatoms. The Morgan fingerprint density at radius 3 is 0.714 bits per heavy atom. The van der Waals surface area contributed by atoms with E-state index in [0.29, 0.717) is 27.9 Å². The first kappa shape index (κ1) is 61.3. The molecule has 0 saturated carbocycles. The van der Waals surface area contributed by atoms with Crippen LogP contribution in [0.1, 0.15) is 33.4 Å². The molecule has 0 aliphatic heterocycles. The van der Waals surface area contributed by atoms with E-state index in [9.17, 15) is 0 Å². The summed E-state index contributed by atoms with van der Waals surface area (Å²) in [5, 5.41) is 0. The first-order valence-electron chi connectivity index (χ1n) is 26.5. The predicted molar refractivity (Wildman–Crippen MR) is 356 cm³/mol.